The van der Waals surface area contributed by atoms with Gasteiger partial charge in [0, 0.05) is 35.8 Å². The fourth-order valence-electron chi connectivity index (χ4n) is 3.75. The maximum absolute atomic E-state index is 13.0. The average Bonchev–Trinajstić information content (AvgIpc) is 3.43. The summed E-state index contributed by atoms with van der Waals surface area (Å²) >= 11 is 1.41. The van der Waals surface area contributed by atoms with Crippen LogP contribution in [0.5, 0.6) is 0 Å². The number of benzene rings is 2. The Hall–Kier alpha value is -3.10. The molecule has 7 nitrogen and oxygen atoms in total. The minimum absolute atomic E-state index is 0.0637. The summed E-state index contributed by atoms with van der Waals surface area (Å²) in [6.45, 7) is 4.94. The van der Waals surface area contributed by atoms with Crippen molar-refractivity contribution in [3.05, 3.63) is 65.9 Å². The number of thioether (sulfide) groups is 1. The van der Waals surface area contributed by atoms with Crippen LogP contribution in [0.25, 0.3) is 16.6 Å². The van der Waals surface area contributed by atoms with E-state index in [-0.39, 0.29) is 11.5 Å². The van der Waals surface area contributed by atoms with Crippen LogP contribution in [-0.4, -0.2) is 57.6 Å². The number of hydrogen-bond acceptors (Lipinski definition) is 6. The Bertz CT molecular complexity index is 1210. The van der Waals surface area contributed by atoms with E-state index in [1.54, 1.807) is 6.20 Å². The molecule has 2 aromatic heterocycles. The number of Topliss-reactive ketones (excluding diaryl/α,β-unsaturated/α-hetero) is 1. The Morgan fingerprint density at radius 1 is 1.10 bits per heavy atom. The Morgan fingerprint density at radius 2 is 1.87 bits per heavy atom. The topological polar surface area (TPSA) is 76.0 Å². The molecule has 158 valence electrons. The van der Waals surface area contributed by atoms with Crippen molar-refractivity contribution in [3.8, 4) is 5.69 Å². The van der Waals surface area contributed by atoms with Crippen LogP contribution in [0, 0.1) is 6.92 Å². The molecule has 8 heteroatoms. The van der Waals surface area contributed by atoms with Crippen LogP contribution in [0.15, 0.2) is 59.9 Å². The summed E-state index contributed by atoms with van der Waals surface area (Å²) in [5.74, 6) is 1.14. The highest BCUT2D eigenvalue weighted by Gasteiger charge is 2.23. The molecule has 0 aliphatic carbocycles. The molecule has 3 heterocycles. The third-order valence-electron chi connectivity index (χ3n) is 5.42. The Morgan fingerprint density at radius 3 is 2.68 bits per heavy atom. The minimum Gasteiger partial charge on any atom is -0.378 e. The summed E-state index contributed by atoms with van der Waals surface area (Å²) in [6.07, 6.45) is 1.79. The number of ketones is 1. The van der Waals surface area contributed by atoms with Gasteiger partial charge < -0.3 is 14.6 Å². The van der Waals surface area contributed by atoms with Crippen molar-refractivity contribution >= 4 is 34.4 Å². The van der Waals surface area contributed by atoms with Crippen LogP contribution in [0.3, 0.4) is 0 Å². The number of carbonyl (C=O) groups excluding carboxylic acids is 1. The second kappa shape index (κ2) is 8.56. The number of morpholine rings is 1. The molecule has 2 aromatic carbocycles. The molecule has 0 radical (unpaired) electrons. The smallest absolute Gasteiger partial charge is 0.232 e. The van der Waals surface area contributed by atoms with Gasteiger partial charge in [0.15, 0.2) is 10.9 Å². The molecule has 0 unspecified atom stereocenters. The normalized spacial score (nSPS) is 14.3. The summed E-state index contributed by atoms with van der Waals surface area (Å²) in [7, 11) is 0. The Labute approximate surface area is 184 Å². The second-order valence-electron chi connectivity index (χ2n) is 7.51. The average molecular weight is 434 g/mol. The number of H-pyrrole nitrogens is 1. The van der Waals surface area contributed by atoms with E-state index in [0.717, 1.165) is 35.6 Å². The molecule has 1 aliphatic heterocycles. The Balaban J connectivity index is 1.43. The van der Waals surface area contributed by atoms with E-state index < -0.39 is 0 Å². The van der Waals surface area contributed by atoms with Gasteiger partial charge in [0.05, 0.1) is 24.7 Å². The Kier molecular flexibility index (Phi) is 5.48. The molecule has 1 aliphatic rings. The van der Waals surface area contributed by atoms with Gasteiger partial charge in [-0.1, -0.05) is 47.7 Å². The number of aromatic amines is 1. The number of hydrogen-bond donors (Lipinski definition) is 1. The summed E-state index contributed by atoms with van der Waals surface area (Å²) in [5.41, 5.74) is 3.85. The van der Waals surface area contributed by atoms with Crippen LogP contribution in [0.4, 0.5) is 5.95 Å². The van der Waals surface area contributed by atoms with Crippen molar-refractivity contribution < 1.29 is 9.53 Å². The first-order valence-corrected chi connectivity index (χ1v) is 11.3. The maximum atomic E-state index is 13.0. The lowest BCUT2D eigenvalue weighted by molar-refractivity contribution is 0.102. The molecular weight excluding hydrogens is 410 g/mol. The largest absolute Gasteiger partial charge is 0.378 e. The monoisotopic (exact) mass is 433 g/mol. The van der Waals surface area contributed by atoms with Crippen LogP contribution in [0.2, 0.25) is 0 Å². The lowest BCUT2D eigenvalue weighted by Gasteiger charge is -2.27. The highest BCUT2D eigenvalue weighted by molar-refractivity contribution is 7.99. The first kappa shape index (κ1) is 19.8. The van der Waals surface area contributed by atoms with E-state index in [1.165, 1.54) is 17.3 Å². The van der Waals surface area contributed by atoms with Crippen molar-refractivity contribution in [1.29, 1.82) is 0 Å². The molecule has 0 saturated carbocycles. The van der Waals surface area contributed by atoms with E-state index in [2.05, 4.69) is 51.3 Å². The lowest BCUT2D eigenvalue weighted by atomic mass is 10.1. The summed E-state index contributed by atoms with van der Waals surface area (Å²) in [6, 6.07) is 16.1. The summed E-state index contributed by atoms with van der Waals surface area (Å²) in [5, 5.41) is 10.6. The predicted octanol–water partition coefficient (Wildman–Crippen LogP) is 3.87. The van der Waals surface area contributed by atoms with Gasteiger partial charge in [-0.15, -0.1) is 10.2 Å². The SMILES string of the molecule is Cc1ccc(-n2c(SCC(=O)c3c[nH]c4ccccc34)nnc2N2CCOCC2)cc1. The zero-order valence-electron chi connectivity index (χ0n) is 17.2. The minimum atomic E-state index is 0.0637. The van der Waals surface area contributed by atoms with Crippen molar-refractivity contribution in [2.75, 3.05) is 37.0 Å². The number of para-hydroxylation sites is 1. The van der Waals surface area contributed by atoms with Crippen LogP contribution in [0.1, 0.15) is 15.9 Å². The zero-order valence-corrected chi connectivity index (χ0v) is 18.1. The fraction of sp³-hybridized carbons (Fsp3) is 0.261. The quantitative estimate of drug-likeness (QED) is 0.368. The number of anilines is 1. The van der Waals surface area contributed by atoms with E-state index in [1.807, 2.05) is 28.8 Å². The number of aryl methyl sites for hydroxylation is 1. The highest BCUT2D eigenvalue weighted by atomic mass is 32.2. The second-order valence-corrected chi connectivity index (χ2v) is 8.46. The van der Waals surface area contributed by atoms with E-state index in [9.17, 15) is 4.79 Å². The third-order valence-corrected chi connectivity index (χ3v) is 6.35. The molecule has 1 saturated heterocycles. The summed E-state index contributed by atoms with van der Waals surface area (Å²) in [4.78, 5) is 18.3. The zero-order chi connectivity index (χ0) is 21.2. The third kappa shape index (κ3) is 3.96. The molecule has 31 heavy (non-hydrogen) atoms. The number of fused-ring (bicyclic) bond motifs is 1. The molecule has 5 rings (SSSR count). The highest BCUT2D eigenvalue weighted by Crippen LogP contribution is 2.28. The van der Waals surface area contributed by atoms with Gasteiger partial charge in [-0.3, -0.25) is 9.36 Å². The first-order valence-electron chi connectivity index (χ1n) is 10.3. The van der Waals surface area contributed by atoms with E-state index in [4.69, 9.17) is 4.74 Å². The maximum Gasteiger partial charge on any atom is 0.232 e. The van der Waals surface area contributed by atoms with Crippen molar-refractivity contribution in [3.63, 3.8) is 0 Å². The fourth-order valence-corrected chi connectivity index (χ4v) is 4.58. The van der Waals surface area contributed by atoms with Gasteiger partial charge in [-0.05, 0) is 25.1 Å². The van der Waals surface area contributed by atoms with Gasteiger partial charge in [0.1, 0.15) is 0 Å². The lowest BCUT2D eigenvalue weighted by Crippen LogP contribution is -2.37. The number of aromatic nitrogens is 4. The number of rotatable bonds is 6. The molecule has 0 atom stereocenters. The molecule has 1 fully saturated rings. The number of nitrogens with zero attached hydrogens (tertiary/aromatic N) is 4. The number of carbonyl (C=O) groups is 1. The molecule has 0 spiro atoms. The van der Waals surface area contributed by atoms with Crippen LogP contribution < -0.4 is 4.90 Å². The van der Waals surface area contributed by atoms with Gasteiger partial charge in [-0.25, -0.2) is 0 Å². The van der Waals surface area contributed by atoms with E-state index >= 15 is 0 Å². The standard InChI is InChI=1S/C23H23N5O2S/c1-16-6-8-17(9-7-16)28-22(27-10-12-30-13-11-27)25-26-23(28)31-15-21(29)19-14-24-20-5-3-2-4-18(19)20/h2-9,14,24H,10-13,15H2,1H3. The molecule has 1 N–H and O–H groups in total. The van der Waals surface area contributed by atoms with Crippen molar-refractivity contribution in [2.45, 2.75) is 12.1 Å². The van der Waals surface area contributed by atoms with Gasteiger partial charge in [0.25, 0.3) is 0 Å². The van der Waals surface area contributed by atoms with Gasteiger partial charge in [0.2, 0.25) is 5.95 Å². The molecule has 0 amide bonds. The molecular formula is C23H23N5O2S. The van der Waals surface area contributed by atoms with Crippen molar-refractivity contribution in [2.24, 2.45) is 0 Å². The molecule has 0 bridgehead atoms. The van der Waals surface area contributed by atoms with Crippen LogP contribution in [-0.2, 0) is 4.74 Å². The molecule has 4 aromatic rings. The number of ether oxygens (including phenoxy) is 1. The van der Waals surface area contributed by atoms with E-state index in [0.29, 0.717) is 23.9 Å². The first-order chi connectivity index (χ1) is 15.2. The van der Waals surface area contributed by atoms with Gasteiger partial charge in [-0.2, -0.15) is 0 Å². The van der Waals surface area contributed by atoms with Gasteiger partial charge >= 0.3 is 0 Å². The van der Waals surface area contributed by atoms with Crippen LogP contribution >= 0.6 is 11.8 Å². The number of nitrogens with one attached hydrogen (secondary N) is 1. The summed E-state index contributed by atoms with van der Waals surface area (Å²) < 4.78 is 7.53. The predicted molar refractivity (Wildman–Crippen MR) is 122 cm³/mol. The van der Waals surface area contributed by atoms with Crippen molar-refractivity contribution in [1.82, 2.24) is 19.7 Å².